The standard InChI is InChI=1S/C21H32O5/c1-5-7-9-11-20(22)25-18-14-13-17(24-16(3)4)15-19(18)26-21(23)12-10-8-6-2/h13-16H,5-12H2,1-4H3. The number of carbonyl (C=O) groups excluding carboxylic acids is 2. The highest BCUT2D eigenvalue weighted by molar-refractivity contribution is 5.76. The molecule has 26 heavy (non-hydrogen) atoms. The summed E-state index contributed by atoms with van der Waals surface area (Å²) in [5, 5.41) is 0. The van der Waals surface area contributed by atoms with Gasteiger partial charge in [0.2, 0.25) is 0 Å². The van der Waals surface area contributed by atoms with Crippen molar-refractivity contribution in [2.45, 2.75) is 85.2 Å². The zero-order valence-corrected chi connectivity index (χ0v) is 16.5. The van der Waals surface area contributed by atoms with Gasteiger partial charge in [-0.2, -0.15) is 0 Å². The molecule has 0 bridgehead atoms. The summed E-state index contributed by atoms with van der Waals surface area (Å²) in [5.74, 6) is 0.407. The van der Waals surface area contributed by atoms with E-state index in [1.165, 1.54) is 0 Å². The first-order valence-corrected chi connectivity index (χ1v) is 9.68. The quantitative estimate of drug-likeness (QED) is 0.280. The average Bonchev–Trinajstić information content (AvgIpc) is 2.57. The highest BCUT2D eigenvalue weighted by atomic mass is 16.6. The van der Waals surface area contributed by atoms with Crippen LogP contribution in [0, 0.1) is 0 Å². The van der Waals surface area contributed by atoms with Crippen molar-refractivity contribution in [2.75, 3.05) is 0 Å². The van der Waals surface area contributed by atoms with Gasteiger partial charge >= 0.3 is 11.9 Å². The Morgan fingerprint density at radius 2 is 1.38 bits per heavy atom. The van der Waals surface area contributed by atoms with Crippen LogP contribution in [0.1, 0.15) is 79.1 Å². The summed E-state index contributed by atoms with van der Waals surface area (Å²) in [6, 6.07) is 4.93. The minimum Gasteiger partial charge on any atom is -0.491 e. The van der Waals surface area contributed by atoms with Gasteiger partial charge < -0.3 is 14.2 Å². The summed E-state index contributed by atoms with van der Waals surface area (Å²) < 4.78 is 16.5. The van der Waals surface area contributed by atoms with Gasteiger partial charge in [0.15, 0.2) is 11.5 Å². The number of carbonyl (C=O) groups is 2. The fraction of sp³-hybridized carbons (Fsp3) is 0.619. The minimum atomic E-state index is -0.330. The van der Waals surface area contributed by atoms with Gasteiger partial charge in [0, 0.05) is 18.9 Å². The van der Waals surface area contributed by atoms with Crippen molar-refractivity contribution in [3.05, 3.63) is 18.2 Å². The van der Waals surface area contributed by atoms with Gasteiger partial charge in [-0.05, 0) is 38.8 Å². The summed E-state index contributed by atoms with van der Waals surface area (Å²) in [5.41, 5.74) is 0. The van der Waals surface area contributed by atoms with E-state index in [0.717, 1.165) is 38.5 Å². The Morgan fingerprint density at radius 1 is 0.846 bits per heavy atom. The second kappa shape index (κ2) is 12.3. The van der Waals surface area contributed by atoms with E-state index in [1.807, 2.05) is 13.8 Å². The molecule has 0 atom stereocenters. The van der Waals surface area contributed by atoms with Crippen LogP contribution in [-0.4, -0.2) is 18.0 Å². The zero-order chi connectivity index (χ0) is 19.4. The smallest absolute Gasteiger partial charge is 0.311 e. The highest BCUT2D eigenvalue weighted by Crippen LogP contribution is 2.33. The van der Waals surface area contributed by atoms with E-state index in [1.54, 1.807) is 18.2 Å². The number of unbranched alkanes of at least 4 members (excludes halogenated alkanes) is 4. The number of benzene rings is 1. The van der Waals surface area contributed by atoms with E-state index in [0.29, 0.717) is 18.6 Å². The van der Waals surface area contributed by atoms with Crippen LogP contribution in [0.2, 0.25) is 0 Å². The van der Waals surface area contributed by atoms with E-state index in [4.69, 9.17) is 14.2 Å². The SMILES string of the molecule is CCCCCC(=O)Oc1ccc(OC(C)C)cc1OC(=O)CCCCC. The first kappa shape index (κ1) is 22.0. The van der Waals surface area contributed by atoms with Crippen LogP contribution >= 0.6 is 0 Å². The van der Waals surface area contributed by atoms with E-state index < -0.39 is 0 Å². The lowest BCUT2D eigenvalue weighted by atomic mass is 10.2. The molecule has 0 heterocycles. The predicted molar refractivity (Wildman–Crippen MR) is 102 cm³/mol. The molecule has 0 amide bonds. The predicted octanol–water partition coefficient (Wildman–Crippen LogP) is 5.45. The molecule has 0 unspecified atom stereocenters. The molecule has 146 valence electrons. The number of ether oxygens (including phenoxy) is 3. The monoisotopic (exact) mass is 364 g/mol. The Labute approximate surface area is 157 Å². The second-order valence-corrected chi connectivity index (χ2v) is 6.64. The maximum Gasteiger partial charge on any atom is 0.311 e. The molecule has 0 aromatic heterocycles. The Bertz CT molecular complexity index is 566. The van der Waals surface area contributed by atoms with Crippen LogP contribution in [0.25, 0.3) is 0 Å². The lowest BCUT2D eigenvalue weighted by Gasteiger charge is -2.14. The van der Waals surface area contributed by atoms with Gasteiger partial charge in [0.25, 0.3) is 0 Å². The summed E-state index contributed by atoms with van der Waals surface area (Å²) >= 11 is 0. The molecule has 1 rings (SSSR count). The fourth-order valence-corrected chi connectivity index (χ4v) is 2.38. The number of hydrogen-bond acceptors (Lipinski definition) is 5. The third kappa shape index (κ3) is 8.88. The van der Waals surface area contributed by atoms with Gasteiger partial charge in [-0.25, -0.2) is 0 Å². The maximum absolute atomic E-state index is 12.1. The molecule has 5 nitrogen and oxygen atoms in total. The molecule has 0 fully saturated rings. The number of rotatable bonds is 12. The van der Waals surface area contributed by atoms with Crippen LogP contribution in [-0.2, 0) is 9.59 Å². The summed E-state index contributed by atoms with van der Waals surface area (Å²) in [4.78, 5) is 24.1. The van der Waals surface area contributed by atoms with Crippen LogP contribution in [0.5, 0.6) is 17.2 Å². The third-order valence-corrected chi connectivity index (χ3v) is 3.70. The van der Waals surface area contributed by atoms with E-state index in [2.05, 4.69) is 13.8 Å². The van der Waals surface area contributed by atoms with Crippen molar-refractivity contribution < 1.29 is 23.8 Å². The van der Waals surface area contributed by atoms with Gasteiger partial charge in [0.1, 0.15) is 5.75 Å². The minimum absolute atomic E-state index is 0.00875. The molecule has 0 saturated heterocycles. The summed E-state index contributed by atoms with van der Waals surface area (Å²) in [6.45, 7) is 7.99. The molecule has 1 aromatic rings. The molecule has 5 heteroatoms. The topological polar surface area (TPSA) is 61.8 Å². The molecular formula is C21H32O5. The Kier molecular flexibility index (Phi) is 10.4. The van der Waals surface area contributed by atoms with Gasteiger partial charge in [-0.1, -0.05) is 39.5 Å². The number of hydrogen-bond donors (Lipinski definition) is 0. The normalized spacial score (nSPS) is 10.7. The molecular weight excluding hydrogens is 332 g/mol. The number of esters is 2. The Morgan fingerprint density at radius 3 is 1.88 bits per heavy atom. The van der Waals surface area contributed by atoms with E-state index in [9.17, 15) is 9.59 Å². The zero-order valence-electron chi connectivity index (χ0n) is 16.5. The van der Waals surface area contributed by atoms with E-state index >= 15 is 0 Å². The van der Waals surface area contributed by atoms with Gasteiger partial charge in [-0.15, -0.1) is 0 Å². The Hall–Kier alpha value is -2.04. The van der Waals surface area contributed by atoms with Crippen LogP contribution in [0.15, 0.2) is 18.2 Å². The average molecular weight is 364 g/mol. The molecule has 0 spiro atoms. The van der Waals surface area contributed by atoms with Crippen LogP contribution in [0.3, 0.4) is 0 Å². The first-order chi connectivity index (χ1) is 12.5. The van der Waals surface area contributed by atoms with Crippen molar-refractivity contribution in [1.82, 2.24) is 0 Å². The molecule has 0 N–H and O–H groups in total. The van der Waals surface area contributed by atoms with Crippen molar-refractivity contribution in [1.29, 1.82) is 0 Å². The van der Waals surface area contributed by atoms with Crippen molar-refractivity contribution >= 4 is 11.9 Å². The summed E-state index contributed by atoms with van der Waals surface area (Å²) in [7, 11) is 0. The first-order valence-electron chi connectivity index (χ1n) is 9.68. The lowest BCUT2D eigenvalue weighted by Crippen LogP contribution is -2.12. The molecule has 1 aromatic carbocycles. The second-order valence-electron chi connectivity index (χ2n) is 6.64. The maximum atomic E-state index is 12.1. The van der Waals surface area contributed by atoms with Crippen LogP contribution < -0.4 is 14.2 Å². The molecule has 0 radical (unpaired) electrons. The van der Waals surface area contributed by atoms with Crippen LogP contribution in [0.4, 0.5) is 0 Å². The molecule has 0 aliphatic heterocycles. The van der Waals surface area contributed by atoms with Crippen molar-refractivity contribution in [3.63, 3.8) is 0 Å². The summed E-state index contributed by atoms with van der Waals surface area (Å²) in [6.07, 6.45) is 6.28. The third-order valence-electron chi connectivity index (χ3n) is 3.70. The molecule has 0 aliphatic carbocycles. The highest BCUT2D eigenvalue weighted by Gasteiger charge is 2.15. The lowest BCUT2D eigenvalue weighted by molar-refractivity contribution is -0.137. The van der Waals surface area contributed by atoms with E-state index in [-0.39, 0.29) is 29.5 Å². The van der Waals surface area contributed by atoms with Crippen molar-refractivity contribution in [3.8, 4) is 17.2 Å². The fourth-order valence-electron chi connectivity index (χ4n) is 2.38. The van der Waals surface area contributed by atoms with Crippen molar-refractivity contribution in [2.24, 2.45) is 0 Å². The molecule has 0 saturated carbocycles. The Balaban J connectivity index is 2.82. The largest absolute Gasteiger partial charge is 0.491 e. The van der Waals surface area contributed by atoms with Gasteiger partial charge in [-0.3, -0.25) is 9.59 Å². The van der Waals surface area contributed by atoms with Gasteiger partial charge in [0.05, 0.1) is 6.10 Å². The molecule has 0 aliphatic rings.